The van der Waals surface area contributed by atoms with E-state index in [4.69, 9.17) is 0 Å². The normalized spacial score (nSPS) is 16.7. The van der Waals surface area contributed by atoms with Crippen LogP contribution >= 0.6 is 0 Å². The van der Waals surface area contributed by atoms with E-state index in [2.05, 4.69) is 12.2 Å². The number of Topliss-reactive ketones (excluding diaryl/α,β-unsaturated/α-hetero) is 2. The molecule has 0 amide bonds. The fraction of sp³-hybridized carbons (Fsp3) is 0.600. The lowest BCUT2D eigenvalue weighted by atomic mass is 9.95. The monoisotopic (exact) mass is 249 g/mol. The van der Waals surface area contributed by atoms with Crippen molar-refractivity contribution < 1.29 is 9.59 Å². The largest absolute Gasteiger partial charge is 0.381 e. The molecule has 18 heavy (non-hydrogen) atoms. The minimum atomic E-state index is 0.120. The van der Waals surface area contributed by atoms with E-state index in [0.717, 1.165) is 48.1 Å². The van der Waals surface area contributed by atoms with E-state index >= 15 is 0 Å². The van der Waals surface area contributed by atoms with Gasteiger partial charge in [0.2, 0.25) is 0 Å². The van der Waals surface area contributed by atoms with E-state index in [0.29, 0.717) is 6.54 Å². The van der Waals surface area contributed by atoms with E-state index < -0.39 is 0 Å². The van der Waals surface area contributed by atoms with Crippen molar-refractivity contribution in [3.8, 4) is 0 Å². The summed E-state index contributed by atoms with van der Waals surface area (Å²) in [4.78, 5) is 22.9. The minimum absolute atomic E-state index is 0.120. The molecule has 1 N–H and O–H groups in total. The van der Waals surface area contributed by atoms with Gasteiger partial charge in [-0.15, -0.1) is 0 Å². The molecule has 1 aliphatic rings. The molecule has 1 aliphatic carbocycles. The predicted molar refractivity (Wildman–Crippen MR) is 73.2 cm³/mol. The third-order valence-corrected chi connectivity index (χ3v) is 3.38. The zero-order valence-electron chi connectivity index (χ0n) is 11.9. The number of carbonyl (C=O) groups is 2. The van der Waals surface area contributed by atoms with Gasteiger partial charge in [0.15, 0.2) is 5.78 Å². The van der Waals surface area contributed by atoms with E-state index in [1.807, 2.05) is 6.92 Å². The molecule has 0 bridgehead atoms. The highest BCUT2D eigenvalue weighted by Gasteiger charge is 2.22. The van der Waals surface area contributed by atoms with Crippen molar-refractivity contribution in [3.05, 3.63) is 22.4 Å². The van der Waals surface area contributed by atoms with Gasteiger partial charge in [-0.05, 0) is 52.0 Å². The molecule has 0 atom stereocenters. The molecule has 0 saturated heterocycles. The van der Waals surface area contributed by atoms with Gasteiger partial charge in [0.1, 0.15) is 5.78 Å². The van der Waals surface area contributed by atoms with Crippen molar-refractivity contribution >= 4 is 11.6 Å². The maximum absolute atomic E-state index is 11.8. The number of carbonyl (C=O) groups excluding carboxylic acids is 2. The van der Waals surface area contributed by atoms with Gasteiger partial charge in [0.25, 0.3) is 0 Å². The third kappa shape index (κ3) is 3.56. The van der Waals surface area contributed by atoms with Crippen LogP contribution in [0, 0.1) is 0 Å². The Balaban J connectivity index is 3.05. The van der Waals surface area contributed by atoms with Gasteiger partial charge >= 0.3 is 0 Å². The third-order valence-electron chi connectivity index (χ3n) is 3.38. The zero-order chi connectivity index (χ0) is 13.7. The quantitative estimate of drug-likeness (QED) is 0.736. The highest BCUT2D eigenvalue weighted by molar-refractivity contribution is 5.98. The van der Waals surface area contributed by atoms with Crippen molar-refractivity contribution in [3.63, 3.8) is 0 Å². The Morgan fingerprint density at radius 3 is 2.33 bits per heavy atom. The summed E-state index contributed by atoms with van der Waals surface area (Å²) in [6.07, 6.45) is 3.82. The maximum atomic E-state index is 11.8. The SMILES string of the molecule is CCC(C)=C(C(C)=O)C1=C(NCC(C)=O)CCC1. The van der Waals surface area contributed by atoms with Crippen LogP contribution in [-0.4, -0.2) is 18.1 Å². The average Bonchev–Trinajstić information content (AvgIpc) is 2.74. The topological polar surface area (TPSA) is 46.2 Å². The molecule has 0 aromatic rings. The van der Waals surface area contributed by atoms with Crippen LogP contribution in [0.1, 0.15) is 53.4 Å². The van der Waals surface area contributed by atoms with Crippen LogP contribution < -0.4 is 5.32 Å². The number of hydrogen-bond donors (Lipinski definition) is 1. The molecule has 0 fully saturated rings. The maximum Gasteiger partial charge on any atom is 0.160 e. The smallest absolute Gasteiger partial charge is 0.160 e. The minimum Gasteiger partial charge on any atom is -0.381 e. The first-order valence-corrected chi connectivity index (χ1v) is 6.63. The second kappa shape index (κ2) is 6.53. The van der Waals surface area contributed by atoms with Crippen LogP contribution in [0.4, 0.5) is 0 Å². The lowest BCUT2D eigenvalue weighted by molar-refractivity contribution is -0.116. The van der Waals surface area contributed by atoms with Gasteiger partial charge in [-0.25, -0.2) is 0 Å². The summed E-state index contributed by atoms with van der Waals surface area (Å²) in [6, 6.07) is 0. The number of rotatable bonds is 6. The molecule has 0 saturated carbocycles. The molecular formula is C15H23NO2. The summed E-state index contributed by atoms with van der Waals surface area (Å²) in [5.41, 5.74) is 4.23. The lowest BCUT2D eigenvalue weighted by Crippen LogP contribution is -2.21. The Hall–Kier alpha value is -1.38. The van der Waals surface area contributed by atoms with E-state index in [1.54, 1.807) is 13.8 Å². The summed E-state index contributed by atoms with van der Waals surface area (Å²) < 4.78 is 0. The van der Waals surface area contributed by atoms with Crippen LogP contribution in [0.2, 0.25) is 0 Å². The summed E-state index contributed by atoms with van der Waals surface area (Å²) in [5.74, 6) is 0.252. The highest BCUT2D eigenvalue weighted by Crippen LogP contribution is 2.32. The van der Waals surface area contributed by atoms with E-state index in [1.165, 1.54) is 0 Å². The first-order chi connectivity index (χ1) is 8.47. The second-order valence-electron chi connectivity index (χ2n) is 4.93. The van der Waals surface area contributed by atoms with Gasteiger partial charge in [0.05, 0.1) is 6.54 Å². The first-order valence-electron chi connectivity index (χ1n) is 6.63. The number of hydrogen-bond acceptors (Lipinski definition) is 3. The Bertz CT molecular complexity index is 416. The number of nitrogens with one attached hydrogen (secondary N) is 1. The van der Waals surface area contributed by atoms with Gasteiger partial charge in [-0.2, -0.15) is 0 Å². The highest BCUT2D eigenvalue weighted by atomic mass is 16.1. The fourth-order valence-electron chi connectivity index (χ4n) is 2.39. The van der Waals surface area contributed by atoms with E-state index in [-0.39, 0.29) is 11.6 Å². The zero-order valence-corrected chi connectivity index (χ0v) is 11.9. The van der Waals surface area contributed by atoms with Crippen molar-refractivity contribution in [2.45, 2.75) is 53.4 Å². The van der Waals surface area contributed by atoms with E-state index in [9.17, 15) is 9.59 Å². The molecule has 3 heteroatoms. The van der Waals surface area contributed by atoms with Crippen molar-refractivity contribution in [1.82, 2.24) is 5.32 Å². The molecule has 100 valence electrons. The molecule has 1 rings (SSSR count). The van der Waals surface area contributed by atoms with Gasteiger partial charge in [0, 0.05) is 11.3 Å². The van der Waals surface area contributed by atoms with Crippen molar-refractivity contribution in [1.29, 1.82) is 0 Å². The molecule has 0 heterocycles. The van der Waals surface area contributed by atoms with Crippen molar-refractivity contribution in [2.75, 3.05) is 6.54 Å². The lowest BCUT2D eigenvalue weighted by Gasteiger charge is -2.13. The first kappa shape index (κ1) is 14.7. The van der Waals surface area contributed by atoms with Crippen LogP contribution in [-0.2, 0) is 9.59 Å². The molecule has 0 unspecified atom stereocenters. The molecule has 0 spiro atoms. The molecule has 0 aromatic heterocycles. The van der Waals surface area contributed by atoms with Crippen LogP contribution in [0.3, 0.4) is 0 Å². The summed E-state index contributed by atoms with van der Waals surface area (Å²) >= 11 is 0. The Morgan fingerprint density at radius 2 is 1.83 bits per heavy atom. The molecule has 0 aliphatic heterocycles. The van der Waals surface area contributed by atoms with Crippen LogP contribution in [0.5, 0.6) is 0 Å². The van der Waals surface area contributed by atoms with Crippen LogP contribution in [0.15, 0.2) is 22.4 Å². The fourth-order valence-corrected chi connectivity index (χ4v) is 2.39. The number of allylic oxidation sites excluding steroid dienone is 4. The Morgan fingerprint density at radius 1 is 1.17 bits per heavy atom. The molecule has 0 aromatic carbocycles. The van der Waals surface area contributed by atoms with Crippen LogP contribution in [0.25, 0.3) is 0 Å². The van der Waals surface area contributed by atoms with Gasteiger partial charge < -0.3 is 5.32 Å². The van der Waals surface area contributed by atoms with Gasteiger partial charge in [-0.1, -0.05) is 12.5 Å². The van der Waals surface area contributed by atoms with Crippen molar-refractivity contribution in [2.24, 2.45) is 0 Å². The Labute approximate surface area is 109 Å². The summed E-state index contributed by atoms with van der Waals surface area (Å²) in [6.45, 7) is 7.64. The number of ketones is 2. The Kier molecular flexibility index (Phi) is 5.32. The average molecular weight is 249 g/mol. The molecule has 3 nitrogen and oxygen atoms in total. The summed E-state index contributed by atoms with van der Waals surface area (Å²) in [5, 5.41) is 3.19. The summed E-state index contributed by atoms with van der Waals surface area (Å²) in [7, 11) is 0. The predicted octanol–water partition coefficient (Wildman–Crippen LogP) is 2.92. The van der Waals surface area contributed by atoms with Gasteiger partial charge in [-0.3, -0.25) is 9.59 Å². The molecular weight excluding hydrogens is 226 g/mol. The standard InChI is InChI=1S/C15H23NO2/c1-5-10(2)15(12(4)18)13-7-6-8-14(13)16-9-11(3)17/h16H,5-9H2,1-4H3. The second-order valence-corrected chi connectivity index (χ2v) is 4.93. The molecule has 0 radical (unpaired) electrons.